The van der Waals surface area contributed by atoms with Crippen molar-refractivity contribution in [3.63, 3.8) is 0 Å². The van der Waals surface area contributed by atoms with Gasteiger partial charge in [0.15, 0.2) is 0 Å². The molecule has 0 bridgehead atoms. The molecule has 0 aliphatic rings. The molecular formula is C9H18N4OS. The first kappa shape index (κ1) is 12.4. The minimum atomic E-state index is 0.772. The Morgan fingerprint density at radius 3 is 2.87 bits per heavy atom. The topological polar surface area (TPSA) is 50.3 Å². The summed E-state index contributed by atoms with van der Waals surface area (Å²) in [4.78, 5) is 6.44. The summed E-state index contributed by atoms with van der Waals surface area (Å²) >= 11 is 1.40. The molecule has 86 valence electrons. The SMILES string of the molecule is COCCN(C)CCNc1nc(C)ns1. The number of anilines is 1. The van der Waals surface area contributed by atoms with Crippen LogP contribution in [0.3, 0.4) is 0 Å². The first-order valence-corrected chi connectivity index (χ1v) is 5.71. The maximum Gasteiger partial charge on any atom is 0.202 e. The molecule has 6 heteroatoms. The Labute approximate surface area is 94.6 Å². The second kappa shape index (κ2) is 6.71. The van der Waals surface area contributed by atoms with E-state index in [-0.39, 0.29) is 0 Å². The monoisotopic (exact) mass is 230 g/mol. The summed E-state index contributed by atoms with van der Waals surface area (Å²) in [6.45, 7) is 5.48. The summed E-state index contributed by atoms with van der Waals surface area (Å²) in [7, 11) is 3.79. The molecule has 5 nitrogen and oxygen atoms in total. The lowest BCUT2D eigenvalue weighted by atomic mass is 10.5. The maximum atomic E-state index is 5.00. The van der Waals surface area contributed by atoms with Crippen LogP contribution in [0.4, 0.5) is 5.13 Å². The van der Waals surface area contributed by atoms with Crippen LogP contribution in [0.5, 0.6) is 0 Å². The average molecular weight is 230 g/mol. The van der Waals surface area contributed by atoms with Gasteiger partial charge in [-0.05, 0) is 14.0 Å². The van der Waals surface area contributed by atoms with E-state index in [1.165, 1.54) is 11.5 Å². The highest BCUT2D eigenvalue weighted by atomic mass is 32.1. The standard InChI is InChI=1S/C9H18N4OS/c1-8-11-9(15-12-8)10-4-5-13(2)6-7-14-3/h4-7H2,1-3H3,(H,10,11,12). The van der Waals surface area contributed by atoms with Crippen molar-refractivity contribution in [1.82, 2.24) is 14.3 Å². The van der Waals surface area contributed by atoms with Gasteiger partial charge in [-0.15, -0.1) is 0 Å². The average Bonchev–Trinajstić information content (AvgIpc) is 2.61. The maximum absolute atomic E-state index is 5.00. The first-order valence-electron chi connectivity index (χ1n) is 4.94. The molecule has 1 aromatic heterocycles. The lowest BCUT2D eigenvalue weighted by molar-refractivity contribution is 0.163. The van der Waals surface area contributed by atoms with Gasteiger partial charge in [-0.2, -0.15) is 4.37 Å². The molecule has 0 unspecified atom stereocenters. The van der Waals surface area contributed by atoms with Crippen molar-refractivity contribution in [3.05, 3.63) is 5.82 Å². The Morgan fingerprint density at radius 1 is 1.47 bits per heavy atom. The van der Waals surface area contributed by atoms with E-state index in [0.29, 0.717) is 0 Å². The Kier molecular flexibility index (Phi) is 5.52. The van der Waals surface area contributed by atoms with Crippen LogP contribution in [-0.2, 0) is 4.74 Å². The van der Waals surface area contributed by atoms with Gasteiger partial charge in [0.25, 0.3) is 0 Å². The van der Waals surface area contributed by atoms with Gasteiger partial charge in [0.1, 0.15) is 5.82 Å². The second-order valence-corrected chi connectivity index (χ2v) is 4.12. The van der Waals surface area contributed by atoms with Gasteiger partial charge in [-0.3, -0.25) is 0 Å². The van der Waals surface area contributed by atoms with Gasteiger partial charge in [0, 0.05) is 38.3 Å². The van der Waals surface area contributed by atoms with Crippen LogP contribution in [0.15, 0.2) is 0 Å². The third-order valence-corrected chi connectivity index (χ3v) is 2.74. The molecule has 0 radical (unpaired) electrons. The zero-order chi connectivity index (χ0) is 11.1. The third kappa shape index (κ3) is 5.06. The van der Waals surface area contributed by atoms with Gasteiger partial charge < -0.3 is 15.0 Å². The van der Waals surface area contributed by atoms with E-state index in [0.717, 1.165) is 37.2 Å². The molecule has 0 aromatic carbocycles. The number of aryl methyl sites for hydroxylation is 1. The molecule has 15 heavy (non-hydrogen) atoms. The van der Waals surface area contributed by atoms with Crippen molar-refractivity contribution >= 4 is 16.7 Å². The minimum Gasteiger partial charge on any atom is -0.383 e. The quantitative estimate of drug-likeness (QED) is 0.752. The van der Waals surface area contributed by atoms with E-state index in [1.54, 1.807) is 7.11 Å². The molecule has 1 heterocycles. The fourth-order valence-corrected chi connectivity index (χ4v) is 1.68. The zero-order valence-corrected chi connectivity index (χ0v) is 10.3. The number of ether oxygens (including phenoxy) is 1. The van der Waals surface area contributed by atoms with Crippen molar-refractivity contribution in [3.8, 4) is 0 Å². The van der Waals surface area contributed by atoms with Gasteiger partial charge in [0.05, 0.1) is 6.61 Å². The van der Waals surface area contributed by atoms with Crippen molar-refractivity contribution in [2.45, 2.75) is 6.92 Å². The molecule has 0 atom stereocenters. The Morgan fingerprint density at radius 2 is 2.27 bits per heavy atom. The molecule has 0 amide bonds. The van der Waals surface area contributed by atoms with E-state index in [2.05, 4.69) is 26.6 Å². The Balaban J connectivity index is 2.10. The van der Waals surface area contributed by atoms with Gasteiger partial charge in [-0.25, -0.2) is 4.98 Å². The fourth-order valence-electron chi connectivity index (χ4n) is 1.08. The summed E-state index contributed by atoms with van der Waals surface area (Å²) in [5, 5.41) is 4.13. The predicted molar refractivity (Wildman–Crippen MR) is 62.5 cm³/mol. The van der Waals surface area contributed by atoms with E-state index in [4.69, 9.17) is 4.74 Å². The molecule has 1 rings (SSSR count). The minimum absolute atomic E-state index is 0.772. The second-order valence-electron chi connectivity index (χ2n) is 3.37. The summed E-state index contributed by atoms with van der Waals surface area (Å²) in [6, 6.07) is 0. The lowest BCUT2D eigenvalue weighted by Crippen LogP contribution is -2.28. The summed E-state index contributed by atoms with van der Waals surface area (Å²) < 4.78 is 9.10. The smallest absolute Gasteiger partial charge is 0.202 e. The molecule has 0 aliphatic heterocycles. The van der Waals surface area contributed by atoms with Crippen LogP contribution in [0.25, 0.3) is 0 Å². The van der Waals surface area contributed by atoms with Gasteiger partial charge in [0.2, 0.25) is 5.13 Å². The number of hydrogen-bond donors (Lipinski definition) is 1. The Bertz CT molecular complexity index is 279. The predicted octanol–water partition coefficient (Wildman–Crippen LogP) is 0.837. The number of nitrogens with one attached hydrogen (secondary N) is 1. The van der Waals surface area contributed by atoms with E-state index in [9.17, 15) is 0 Å². The summed E-state index contributed by atoms with van der Waals surface area (Å²) in [5.74, 6) is 0.829. The van der Waals surface area contributed by atoms with E-state index >= 15 is 0 Å². The number of nitrogens with zero attached hydrogens (tertiary/aromatic N) is 3. The normalized spacial score (nSPS) is 10.9. The van der Waals surface area contributed by atoms with Crippen molar-refractivity contribution in [2.75, 3.05) is 45.7 Å². The fraction of sp³-hybridized carbons (Fsp3) is 0.778. The van der Waals surface area contributed by atoms with E-state index < -0.39 is 0 Å². The van der Waals surface area contributed by atoms with Crippen LogP contribution < -0.4 is 5.32 Å². The van der Waals surface area contributed by atoms with Crippen LogP contribution in [0, 0.1) is 6.92 Å². The molecule has 0 saturated heterocycles. The highest BCUT2D eigenvalue weighted by molar-refractivity contribution is 7.09. The first-order chi connectivity index (χ1) is 7.22. The molecule has 0 saturated carbocycles. The van der Waals surface area contributed by atoms with Crippen LogP contribution in [0.1, 0.15) is 5.82 Å². The number of methoxy groups -OCH3 is 1. The van der Waals surface area contributed by atoms with Crippen LogP contribution >= 0.6 is 11.5 Å². The van der Waals surface area contributed by atoms with Crippen molar-refractivity contribution in [2.24, 2.45) is 0 Å². The molecule has 1 N–H and O–H groups in total. The van der Waals surface area contributed by atoms with Crippen LogP contribution in [-0.4, -0.2) is 54.7 Å². The Hall–Kier alpha value is -0.720. The van der Waals surface area contributed by atoms with Gasteiger partial charge in [-0.1, -0.05) is 0 Å². The number of hydrogen-bond acceptors (Lipinski definition) is 6. The van der Waals surface area contributed by atoms with Crippen LogP contribution in [0.2, 0.25) is 0 Å². The van der Waals surface area contributed by atoms with Crippen molar-refractivity contribution in [1.29, 1.82) is 0 Å². The molecule has 0 fully saturated rings. The molecule has 0 aliphatic carbocycles. The highest BCUT2D eigenvalue weighted by Gasteiger charge is 2.00. The van der Waals surface area contributed by atoms with E-state index in [1.807, 2.05) is 6.92 Å². The number of aromatic nitrogens is 2. The zero-order valence-electron chi connectivity index (χ0n) is 9.49. The highest BCUT2D eigenvalue weighted by Crippen LogP contribution is 2.08. The summed E-state index contributed by atoms with van der Waals surface area (Å²) in [5.41, 5.74) is 0. The van der Waals surface area contributed by atoms with Gasteiger partial charge >= 0.3 is 0 Å². The number of likely N-dealkylation sites (N-methyl/N-ethyl adjacent to an activating group) is 1. The summed E-state index contributed by atoms with van der Waals surface area (Å²) in [6.07, 6.45) is 0. The molecular weight excluding hydrogens is 212 g/mol. The number of rotatable bonds is 7. The molecule has 1 aromatic rings. The molecule has 0 spiro atoms. The lowest BCUT2D eigenvalue weighted by Gasteiger charge is -2.15. The largest absolute Gasteiger partial charge is 0.383 e. The van der Waals surface area contributed by atoms with Crippen molar-refractivity contribution < 1.29 is 4.74 Å². The third-order valence-electron chi connectivity index (χ3n) is 1.97.